The highest BCUT2D eigenvalue weighted by Gasteiger charge is 2.05. The molecule has 0 spiro atoms. The van der Waals surface area contributed by atoms with Crippen LogP contribution in [0.15, 0.2) is 28.6 Å². The molecule has 0 bridgehead atoms. The van der Waals surface area contributed by atoms with Gasteiger partial charge in [0.25, 0.3) is 0 Å². The van der Waals surface area contributed by atoms with Crippen LogP contribution in [0.4, 0.5) is 0 Å². The van der Waals surface area contributed by atoms with E-state index < -0.39 is 0 Å². The van der Waals surface area contributed by atoms with Gasteiger partial charge >= 0.3 is 0 Å². The fourth-order valence-corrected chi connectivity index (χ4v) is 3.65. The Morgan fingerprint density at radius 1 is 1.14 bits per heavy atom. The van der Waals surface area contributed by atoms with Crippen molar-refractivity contribution in [2.24, 2.45) is 4.99 Å². The topological polar surface area (TPSA) is 67.8 Å². The summed E-state index contributed by atoms with van der Waals surface area (Å²) < 4.78 is 11.0. The number of hydrogen-bond donors (Lipinski definition) is 2. The zero-order valence-corrected chi connectivity index (χ0v) is 20.9. The number of methoxy groups -OCH3 is 1. The quantitative estimate of drug-likeness (QED) is 0.197. The van der Waals surface area contributed by atoms with E-state index in [4.69, 9.17) is 9.47 Å². The third-order valence-corrected chi connectivity index (χ3v) is 5.24. The molecule has 1 heterocycles. The molecule has 0 saturated heterocycles. The van der Waals surface area contributed by atoms with Crippen LogP contribution in [-0.4, -0.2) is 44.8 Å². The molecule has 1 aromatic carbocycles. The Labute approximate surface area is 195 Å². The Bertz CT molecular complexity index is 752. The fraction of sp³-hybridized carbons (Fsp3) is 0.524. The van der Waals surface area contributed by atoms with Gasteiger partial charge in [0.1, 0.15) is 0 Å². The van der Waals surface area contributed by atoms with E-state index in [2.05, 4.69) is 38.1 Å². The van der Waals surface area contributed by atoms with E-state index in [9.17, 15) is 0 Å². The number of aliphatic imine (C=N–C) groups is 1. The van der Waals surface area contributed by atoms with Crippen molar-refractivity contribution in [2.75, 3.05) is 33.9 Å². The molecule has 0 aliphatic heterocycles. The zero-order valence-electron chi connectivity index (χ0n) is 17.8. The van der Waals surface area contributed by atoms with Crippen LogP contribution in [0, 0.1) is 6.92 Å². The summed E-state index contributed by atoms with van der Waals surface area (Å²) in [6.07, 6.45) is 4.02. The SMILES string of the molecule is CCOc1cc(CCCNC(=NC)NCCCc2nc(C)cs2)ccc1OC.I. The van der Waals surface area contributed by atoms with Gasteiger partial charge < -0.3 is 20.1 Å². The number of hydrogen-bond acceptors (Lipinski definition) is 5. The number of guanidine groups is 1. The second-order valence-corrected chi connectivity index (χ2v) is 7.38. The van der Waals surface area contributed by atoms with Gasteiger partial charge in [-0.05, 0) is 50.8 Å². The monoisotopic (exact) mass is 532 g/mol. The van der Waals surface area contributed by atoms with Gasteiger partial charge in [-0.1, -0.05) is 6.07 Å². The van der Waals surface area contributed by atoms with E-state index in [-0.39, 0.29) is 24.0 Å². The van der Waals surface area contributed by atoms with E-state index in [0.717, 1.165) is 61.9 Å². The van der Waals surface area contributed by atoms with Gasteiger partial charge in [0.15, 0.2) is 17.5 Å². The molecule has 0 unspecified atom stereocenters. The molecular weight excluding hydrogens is 499 g/mol. The average molecular weight is 532 g/mol. The maximum absolute atomic E-state index is 5.65. The van der Waals surface area contributed by atoms with Crippen LogP contribution in [0.2, 0.25) is 0 Å². The van der Waals surface area contributed by atoms with Crippen molar-refractivity contribution in [1.82, 2.24) is 15.6 Å². The summed E-state index contributed by atoms with van der Waals surface area (Å²) in [5, 5.41) is 10.0. The smallest absolute Gasteiger partial charge is 0.190 e. The third-order valence-electron chi connectivity index (χ3n) is 4.21. The predicted octanol–water partition coefficient (Wildman–Crippen LogP) is 4.21. The number of aryl methyl sites for hydroxylation is 3. The predicted molar refractivity (Wildman–Crippen MR) is 132 cm³/mol. The molecule has 2 N–H and O–H groups in total. The lowest BCUT2D eigenvalue weighted by molar-refractivity contribution is 0.310. The van der Waals surface area contributed by atoms with Crippen molar-refractivity contribution in [3.63, 3.8) is 0 Å². The molecule has 2 aromatic rings. The molecule has 0 saturated carbocycles. The van der Waals surface area contributed by atoms with E-state index in [1.165, 1.54) is 10.6 Å². The molecule has 0 radical (unpaired) electrons. The van der Waals surface area contributed by atoms with Crippen LogP contribution < -0.4 is 20.1 Å². The lowest BCUT2D eigenvalue weighted by Crippen LogP contribution is -2.38. The first-order valence-corrected chi connectivity index (χ1v) is 10.7. The molecule has 2 rings (SSSR count). The number of rotatable bonds is 11. The number of nitrogens with zero attached hydrogens (tertiary/aromatic N) is 2. The van der Waals surface area contributed by atoms with Gasteiger partial charge in [-0.2, -0.15) is 0 Å². The number of benzene rings is 1. The largest absolute Gasteiger partial charge is 0.493 e. The number of nitrogens with one attached hydrogen (secondary N) is 2. The molecule has 0 aliphatic carbocycles. The van der Waals surface area contributed by atoms with E-state index in [1.54, 1.807) is 25.5 Å². The van der Waals surface area contributed by atoms with Crippen molar-refractivity contribution < 1.29 is 9.47 Å². The summed E-state index contributed by atoms with van der Waals surface area (Å²) in [5.74, 6) is 2.43. The van der Waals surface area contributed by atoms with Gasteiger partial charge in [0.05, 0.1) is 18.7 Å². The van der Waals surface area contributed by atoms with Gasteiger partial charge in [0.2, 0.25) is 0 Å². The van der Waals surface area contributed by atoms with E-state index >= 15 is 0 Å². The summed E-state index contributed by atoms with van der Waals surface area (Å²) in [7, 11) is 3.47. The molecule has 6 nitrogen and oxygen atoms in total. The highest BCUT2D eigenvalue weighted by Crippen LogP contribution is 2.28. The first-order chi connectivity index (χ1) is 13.7. The number of thiazole rings is 1. The van der Waals surface area contributed by atoms with E-state index in [0.29, 0.717) is 6.61 Å². The van der Waals surface area contributed by atoms with Crippen molar-refractivity contribution in [3.05, 3.63) is 39.8 Å². The van der Waals surface area contributed by atoms with Crippen LogP contribution in [0.25, 0.3) is 0 Å². The molecular formula is C21H33IN4O2S. The molecule has 162 valence electrons. The Balaban J connectivity index is 0.00000420. The van der Waals surface area contributed by atoms with Crippen LogP contribution in [0.1, 0.15) is 36.0 Å². The lowest BCUT2D eigenvalue weighted by atomic mass is 10.1. The molecule has 0 aliphatic rings. The van der Waals surface area contributed by atoms with Crippen LogP contribution in [-0.2, 0) is 12.8 Å². The van der Waals surface area contributed by atoms with Crippen molar-refractivity contribution >= 4 is 41.3 Å². The Morgan fingerprint density at radius 3 is 2.45 bits per heavy atom. The van der Waals surface area contributed by atoms with Gasteiger partial charge in [-0.25, -0.2) is 4.98 Å². The van der Waals surface area contributed by atoms with Crippen molar-refractivity contribution in [2.45, 2.75) is 39.5 Å². The molecule has 8 heteroatoms. The highest BCUT2D eigenvalue weighted by atomic mass is 127. The number of aromatic nitrogens is 1. The third kappa shape index (κ3) is 9.20. The summed E-state index contributed by atoms with van der Waals surface area (Å²) in [4.78, 5) is 8.78. The first-order valence-electron chi connectivity index (χ1n) is 9.81. The van der Waals surface area contributed by atoms with Gasteiger partial charge in [0, 0.05) is 37.6 Å². The zero-order chi connectivity index (χ0) is 20.2. The molecule has 0 atom stereocenters. The lowest BCUT2D eigenvalue weighted by Gasteiger charge is -2.13. The van der Waals surface area contributed by atoms with Crippen molar-refractivity contribution in [1.29, 1.82) is 0 Å². The minimum absolute atomic E-state index is 0. The van der Waals surface area contributed by atoms with Crippen LogP contribution >= 0.6 is 35.3 Å². The van der Waals surface area contributed by atoms with Gasteiger partial charge in [-0.15, -0.1) is 35.3 Å². The average Bonchev–Trinajstić information content (AvgIpc) is 3.12. The van der Waals surface area contributed by atoms with Gasteiger partial charge in [-0.3, -0.25) is 4.99 Å². The fourth-order valence-electron chi connectivity index (χ4n) is 2.83. The normalized spacial score (nSPS) is 11.0. The second-order valence-electron chi connectivity index (χ2n) is 6.43. The van der Waals surface area contributed by atoms with Crippen LogP contribution in [0.3, 0.4) is 0 Å². The highest BCUT2D eigenvalue weighted by molar-refractivity contribution is 14.0. The Kier molecular flexibility index (Phi) is 12.7. The summed E-state index contributed by atoms with van der Waals surface area (Å²) in [6.45, 7) is 6.39. The minimum atomic E-state index is 0. The minimum Gasteiger partial charge on any atom is -0.493 e. The number of halogens is 1. The van der Waals surface area contributed by atoms with Crippen molar-refractivity contribution in [3.8, 4) is 11.5 Å². The Morgan fingerprint density at radius 2 is 1.86 bits per heavy atom. The molecule has 0 amide bonds. The summed E-state index contributed by atoms with van der Waals surface area (Å²) >= 11 is 1.73. The number of ether oxygens (including phenoxy) is 2. The maximum Gasteiger partial charge on any atom is 0.190 e. The van der Waals surface area contributed by atoms with E-state index in [1.807, 2.05) is 19.9 Å². The van der Waals surface area contributed by atoms with Crippen LogP contribution in [0.5, 0.6) is 11.5 Å². The second kappa shape index (κ2) is 14.4. The molecule has 0 fully saturated rings. The summed E-state index contributed by atoms with van der Waals surface area (Å²) in [6, 6.07) is 6.13. The standard InChI is InChI=1S/C21H32N4O2S.HI/c1-5-27-19-14-17(10-11-18(19)26-4)8-6-12-23-21(22-3)24-13-7-9-20-25-16(2)15-28-20;/h10-11,14-15H,5-9,12-13H2,1-4H3,(H2,22,23,24);1H. The molecule has 1 aromatic heterocycles. The summed E-state index contributed by atoms with van der Waals surface area (Å²) in [5.41, 5.74) is 2.35. The molecule has 29 heavy (non-hydrogen) atoms. The maximum atomic E-state index is 5.65. The first kappa shape index (κ1) is 25.5. The Hall–Kier alpha value is -1.55.